The number of hydrogen-bond acceptors (Lipinski definition) is 3. The van der Waals surface area contributed by atoms with E-state index in [1.165, 1.54) is 0 Å². The molecule has 104 valence electrons. The number of carbonyl (C=O) groups is 2. The Balaban J connectivity index is 2.27. The second-order valence-corrected chi connectivity index (χ2v) is 5.10. The fourth-order valence-corrected chi connectivity index (χ4v) is 2.03. The molecule has 1 saturated heterocycles. The molecule has 0 atom stereocenters. The summed E-state index contributed by atoms with van der Waals surface area (Å²) in [6.45, 7) is 5.40. The van der Waals surface area contributed by atoms with Crippen LogP contribution in [-0.4, -0.2) is 48.5 Å². The number of halogens is 1. The largest absolute Gasteiger partial charge is 0.448 e. The lowest BCUT2D eigenvalue weighted by atomic mass is 10.0. The first-order valence-electron chi connectivity index (χ1n) is 6.32. The smallest absolute Gasteiger partial charge is 0.407 e. The molecule has 1 aliphatic rings. The second-order valence-electron chi connectivity index (χ2n) is 4.72. The number of alkyl carbamates (subject to hydrolysis) is 1. The highest BCUT2D eigenvalue weighted by Gasteiger charge is 2.25. The lowest BCUT2D eigenvalue weighted by Crippen LogP contribution is -2.47. The predicted octanol–water partition coefficient (Wildman–Crippen LogP) is 1.60. The van der Waals surface area contributed by atoms with Crippen molar-refractivity contribution in [1.82, 2.24) is 10.2 Å². The van der Waals surface area contributed by atoms with E-state index in [1.54, 1.807) is 0 Å². The summed E-state index contributed by atoms with van der Waals surface area (Å²) < 4.78 is 4.84. The van der Waals surface area contributed by atoms with Crippen LogP contribution in [0.2, 0.25) is 0 Å². The number of hydrogen-bond donors (Lipinski definition) is 1. The maximum atomic E-state index is 11.8. The Kier molecular flexibility index (Phi) is 6.25. The van der Waals surface area contributed by atoms with E-state index in [2.05, 4.69) is 5.32 Å². The van der Waals surface area contributed by atoms with Gasteiger partial charge < -0.3 is 15.0 Å². The molecule has 5 nitrogen and oxygen atoms in total. The molecule has 1 N–H and O–H groups in total. The molecule has 0 bridgehead atoms. The van der Waals surface area contributed by atoms with Crippen molar-refractivity contribution in [2.24, 2.45) is 5.92 Å². The van der Waals surface area contributed by atoms with Gasteiger partial charge in [0.25, 0.3) is 0 Å². The van der Waals surface area contributed by atoms with Crippen LogP contribution in [0.1, 0.15) is 26.7 Å². The normalized spacial score (nSPS) is 16.8. The molecule has 0 aromatic rings. The van der Waals surface area contributed by atoms with Gasteiger partial charge in [0.1, 0.15) is 6.61 Å². The van der Waals surface area contributed by atoms with Crippen molar-refractivity contribution in [2.45, 2.75) is 32.7 Å². The Morgan fingerprint density at radius 2 is 2.00 bits per heavy atom. The molecule has 0 radical (unpaired) electrons. The Labute approximate surface area is 113 Å². The maximum Gasteiger partial charge on any atom is 0.407 e. The van der Waals surface area contributed by atoms with Gasteiger partial charge in [-0.25, -0.2) is 4.79 Å². The highest BCUT2D eigenvalue weighted by atomic mass is 35.5. The number of ether oxygens (including phenoxy) is 1. The van der Waals surface area contributed by atoms with E-state index in [0.29, 0.717) is 19.0 Å². The molecule has 1 rings (SSSR count). The summed E-state index contributed by atoms with van der Waals surface area (Å²) in [4.78, 5) is 24.9. The molecule has 0 aromatic carbocycles. The molecule has 2 amide bonds. The third-order valence-electron chi connectivity index (χ3n) is 2.93. The van der Waals surface area contributed by atoms with Crippen LogP contribution in [-0.2, 0) is 9.53 Å². The number of amides is 2. The van der Waals surface area contributed by atoms with E-state index < -0.39 is 6.09 Å². The zero-order valence-corrected chi connectivity index (χ0v) is 11.7. The van der Waals surface area contributed by atoms with Gasteiger partial charge in [0.15, 0.2) is 0 Å². The average Bonchev–Trinajstić information content (AvgIpc) is 2.36. The van der Waals surface area contributed by atoms with Crippen LogP contribution in [0.4, 0.5) is 4.79 Å². The molecule has 1 fully saturated rings. The van der Waals surface area contributed by atoms with Gasteiger partial charge in [0, 0.05) is 25.0 Å². The lowest BCUT2D eigenvalue weighted by molar-refractivity contribution is -0.135. The predicted molar refractivity (Wildman–Crippen MR) is 69.6 cm³/mol. The van der Waals surface area contributed by atoms with Crippen molar-refractivity contribution < 1.29 is 14.3 Å². The minimum absolute atomic E-state index is 0.0307. The topological polar surface area (TPSA) is 58.6 Å². The molecule has 1 aliphatic heterocycles. The molecule has 18 heavy (non-hydrogen) atoms. The van der Waals surface area contributed by atoms with Crippen molar-refractivity contribution in [3.05, 3.63) is 0 Å². The van der Waals surface area contributed by atoms with E-state index in [0.717, 1.165) is 12.8 Å². The van der Waals surface area contributed by atoms with Gasteiger partial charge in [-0.1, -0.05) is 13.8 Å². The number of rotatable bonds is 4. The van der Waals surface area contributed by atoms with E-state index in [9.17, 15) is 9.59 Å². The summed E-state index contributed by atoms with van der Waals surface area (Å²) in [7, 11) is 0. The van der Waals surface area contributed by atoms with E-state index in [1.807, 2.05) is 18.7 Å². The van der Waals surface area contributed by atoms with Gasteiger partial charge in [-0.15, -0.1) is 11.6 Å². The van der Waals surface area contributed by atoms with E-state index >= 15 is 0 Å². The molecule has 6 heteroatoms. The first-order valence-corrected chi connectivity index (χ1v) is 6.86. The van der Waals surface area contributed by atoms with Crippen LogP contribution < -0.4 is 5.32 Å². The standard InChI is InChI=1S/C12H21ClN2O3/c1-9(2)11(16)15-6-3-10(4-7-15)14-12(17)18-8-5-13/h9-10H,3-8H2,1-2H3,(H,14,17). The number of piperidine rings is 1. The van der Waals surface area contributed by atoms with Crippen molar-refractivity contribution >= 4 is 23.6 Å². The van der Waals surface area contributed by atoms with E-state index in [-0.39, 0.29) is 24.5 Å². The minimum atomic E-state index is -0.427. The third-order valence-corrected chi connectivity index (χ3v) is 3.09. The zero-order chi connectivity index (χ0) is 13.5. The highest BCUT2D eigenvalue weighted by Crippen LogP contribution is 2.13. The number of likely N-dealkylation sites (tertiary alicyclic amines) is 1. The summed E-state index contributed by atoms with van der Waals surface area (Å²) >= 11 is 5.42. The van der Waals surface area contributed by atoms with Gasteiger partial charge in [-0.05, 0) is 12.8 Å². The van der Waals surface area contributed by atoms with Gasteiger partial charge in [-0.3, -0.25) is 4.79 Å². The SMILES string of the molecule is CC(C)C(=O)N1CCC(NC(=O)OCCCl)CC1. The Morgan fingerprint density at radius 1 is 1.39 bits per heavy atom. The van der Waals surface area contributed by atoms with Crippen LogP contribution >= 0.6 is 11.6 Å². The van der Waals surface area contributed by atoms with Crippen molar-refractivity contribution in [2.75, 3.05) is 25.6 Å². The van der Waals surface area contributed by atoms with Gasteiger partial charge >= 0.3 is 6.09 Å². The molecule has 0 spiro atoms. The van der Waals surface area contributed by atoms with Gasteiger partial charge in [-0.2, -0.15) is 0 Å². The van der Waals surface area contributed by atoms with Gasteiger partial charge in [0.2, 0.25) is 5.91 Å². The first-order chi connectivity index (χ1) is 8.54. The molecule has 0 unspecified atom stereocenters. The van der Waals surface area contributed by atoms with Crippen LogP contribution in [0.25, 0.3) is 0 Å². The van der Waals surface area contributed by atoms with Crippen LogP contribution in [0.5, 0.6) is 0 Å². The summed E-state index contributed by atoms with van der Waals surface area (Å²) in [5, 5.41) is 2.78. The van der Waals surface area contributed by atoms with Crippen molar-refractivity contribution in [1.29, 1.82) is 0 Å². The van der Waals surface area contributed by atoms with Gasteiger partial charge in [0.05, 0.1) is 5.88 Å². The quantitative estimate of drug-likeness (QED) is 0.794. The average molecular weight is 277 g/mol. The number of nitrogens with zero attached hydrogens (tertiary/aromatic N) is 1. The van der Waals surface area contributed by atoms with Crippen molar-refractivity contribution in [3.63, 3.8) is 0 Å². The Hall–Kier alpha value is -0.970. The highest BCUT2D eigenvalue weighted by molar-refractivity contribution is 6.18. The fraction of sp³-hybridized carbons (Fsp3) is 0.833. The lowest BCUT2D eigenvalue weighted by Gasteiger charge is -2.33. The monoisotopic (exact) mass is 276 g/mol. The molecule has 0 aromatic heterocycles. The fourth-order valence-electron chi connectivity index (χ4n) is 1.95. The third kappa shape index (κ3) is 4.72. The van der Waals surface area contributed by atoms with Crippen LogP contribution in [0.3, 0.4) is 0 Å². The number of carbonyl (C=O) groups excluding carboxylic acids is 2. The number of nitrogens with one attached hydrogen (secondary N) is 1. The second kappa shape index (κ2) is 7.46. The summed E-state index contributed by atoms with van der Waals surface area (Å²) in [5.74, 6) is 0.510. The summed E-state index contributed by atoms with van der Waals surface area (Å²) in [5.41, 5.74) is 0. The summed E-state index contributed by atoms with van der Waals surface area (Å²) in [6.07, 6.45) is 1.12. The molecular formula is C12H21ClN2O3. The zero-order valence-electron chi connectivity index (χ0n) is 10.9. The van der Waals surface area contributed by atoms with Crippen molar-refractivity contribution in [3.8, 4) is 0 Å². The Morgan fingerprint density at radius 3 is 2.50 bits per heavy atom. The Bertz CT molecular complexity index is 289. The molecule has 1 heterocycles. The van der Waals surface area contributed by atoms with Crippen LogP contribution in [0.15, 0.2) is 0 Å². The molecule has 0 saturated carbocycles. The van der Waals surface area contributed by atoms with E-state index in [4.69, 9.17) is 16.3 Å². The first kappa shape index (κ1) is 15.1. The maximum absolute atomic E-state index is 11.8. The molecular weight excluding hydrogens is 256 g/mol. The molecule has 0 aliphatic carbocycles. The number of alkyl halides is 1. The van der Waals surface area contributed by atoms with Crippen LogP contribution in [0, 0.1) is 5.92 Å². The summed E-state index contributed by atoms with van der Waals surface area (Å²) in [6, 6.07) is 0.0871. The minimum Gasteiger partial charge on any atom is -0.448 e.